The summed E-state index contributed by atoms with van der Waals surface area (Å²) in [5, 5.41) is 11.2. The number of furan rings is 1. The van der Waals surface area contributed by atoms with Gasteiger partial charge in [0, 0.05) is 13.1 Å². The lowest BCUT2D eigenvalue weighted by atomic mass is 10.2. The number of hydrogen-bond donors (Lipinski definition) is 1. The fraction of sp³-hybridized carbons (Fsp3) is 0.538. The minimum Gasteiger partial charge on any atom is -0.463 e. The Balaban J connectivity index is 1.67. The van der Waals surface area contributed by atoms with Gasteiger partial charge in [0.1, 0.15) is 23.7 Å². The molecular formula is C13H19N5O. The van der Waals surface area contributed by atoms with Crippen LogP contribution in [-0.2, 0) is 26.2 Å². The molecule has 3 heterocycles. The van der Waals surface area contributed by atoms with E-state index in [1.54, 1.807) is 6.33 Å². The average Bonchev–Trinajstić information content (AvgIpc) is 2.97. The predicted octanol–water partition coefficient (Wildman–Crippen LogP) is 0.915. The van der Waals surface area contributed by atoms with Gasteiger partial charge in [0.2, 0.25) is 0 Å². The van der Waals surface area contributed by atoms with Crippen LogP contribution in [0.15, 0.2) is 16.8 Å². The molecular weight excluding hydrogens is 242 g/mol. The van der Waals surface area contributed by atoms with Crippen molar-refractivity contribution in [3.8, 4) is 0 Å². The van der Waals surface area contributed by atoms with Crippen molar-refractivity contribution in [2.75, 3.05) is 13.6 Å². The maximum atomic E-state index is 5.88. The summed E-state index contributed by atoms with van der Waals surface area (Å²) in [5.74, 6) is 3.08. The Morgan fingerprint density at radius 3 is 3.16 bits per heavy atom. The molecule has 0 fully saturated rings. The first-order chi connectivity index (χ1) is 9.26. The zero-order valence-corrected chi connectivity index (χ0v) is 11.4. The minimum absolute atomic E-state index is 0.778. The van der Waals surface area contributed by atoms with Gasteiger partial charge in [-0.1, -0.05) is 0 Å². The van der Waals surface area contributed by atoms with Gasteiger partial charge in [0.05, 0.1) is 19.6 Å². The Labute approximate surface area is 112 Å². The van der Waals surface area contributed by atoms with Crippen molar-refractivity contribution in [2.24, 2.45) is 0 Å². The van der Waals surface area contributed by atoms with Gasteiger partial charge in [-0.2, -0.15) is 0 Å². The van der Waals surface area contributed by atoms with Gasteiger partial charge in [0.15, 0.2) is 0 Å². The Kier molecular flexibility index (Phi) is 3.35. The van der Waals surface area contributed by atoms with E-state index in [0.717, 1.165) is 50.1 Å². The second-order valence-corrected chi connectivity index (χ2v) is 5.00. The summed E-state index contributed by atoms with van der Waals surface area (Å²) in [5.41, 5.74) is 1.21. The van der Waals surface area contributed by atoms with E-state index in [1.807, 2.05) is 7.05 Å². The van der Waals surface area contributed by atoms with E-state index in [9.17, 15) is 0 Å². The highest BCUT2D eigenvalue weighted by Gasteiger charge is 2.19. The van der Waals surface area contributed by atoms with Crippen LogP contribution in [0.4, 0.5) is 0 Å². The molecule has 6 heteroatoms. The Hall–Kier alpha value is -1.66. The van der Waals surface area contributed by atoms with Crippen LogP contribution in [0.1, 0.15) is 22.9 Å². The maximum absolute atomic E-state index is 5.88. The molecule has 0 saturated heterocycles. The van der Waals surface area contributed by atoms with Crippen molar-refractivity contribution in [1.82, 2.24) is 25.0 Å². The smallest absolute Gasteiger partial charge is 0.147 e. The van der Waals surface area contributed by atoms with E-state index in [1.165, 1.54) is 5.56 Å². The second kappa shape index (κ2) is 5.14. The third-order valence-electron chi connectivity index (χ3n) is 3.51. The first-order valence-corrected chi connectivity index (χ1v) is 6.58. The van der Waals surface area contributed by atoms with Crippen LogP contribution in [0.5, 0.6) is 0 Å². The van der Waals surface area contributed by atoms with Crippen molar-refractivity contribution >= 4 is 0 Å². The number of nitrogens with one attached hydrogen (secondary N) is 1. The molecule has 1 aliphatic heterocycles. The molecule has 0 saturated carbocycles. The molecule has 2 aromatic rings. The monoisotopic (exact) mass is 261 g/mol. The van der Waals surface area contributed by atoms with Crippen molar-refractivity contribution in [3.63, 3.8) is 0 Å². The van der Waals surface area contributed by atoms with Gasteiger partial charge in [-0.25, -0.2) is 0 Å². The largest absolute Gasteiger partial charge is 0.463 e. The second-order valence-electron chi connectivity index (χ2n) is 5.00. The van der Waals surface area contributed by atoms with Crippen molar-refractivity contribution in [1.29, 1.82) is 0 Å². The molecule has 0 aliphatic carbocycles. The van der Waals surface area contributed by atoms with Crippen LogP contribution in [0.25, 0.3) is 0 Å². The predicted molar refractivity (Wildman–Crippen MR) is 70.3 cm³/mol. The lowest BCUT2D eigenvalue weighted by Crippen LogP contribution is -2.33. The highest BCUT2D eigenvalue weighted by molar-refractivity contribution is 5.20. The van der Waals surface area contributed by atoms with Crippen LogP contribution < -0.4 is 5.32 Å². The lowest BCUT2D eigenvalue weighted by molar-refractivity contribution is 0.192. The molecule has 0 bridgehead atoms. The molecule has 0 radical (unpaired) electrons. The van der Waals surface area contributed by atoms with Crippen LogP contribution in [0.3, 0.4) is 0 Å². The summed E-state index contributed by atoms with van der Waals surface area (Å²) >= 11 is 0. The SMILES string of the molecule is CNCc1oc(CN2CCn3cnnc3C2)cc1C. The summed E-state index contributed by atoms with van der Waals surface area (Å²) in [4.78, 5) is 2.34. The average molecular weight is 261 g/mol. The molecule has 1 N–H and O–H groups in total. The van der Waals surface area contributed by atoms with Crippen LogP contribution >= 0.6 is 0 Å². The highest BCUT2D eigenvalue weighted by Crippen LogP contribution is 2.18. The third-order valence-corrected chi connectivity index (χ3v) is 3.51. The number of aryl methyl sites for hydroxylation is 1. The summed E-state index contributed by atoms with van der Waals surface area (Å²) in [6, 6.07) is 2.13. The molecule has 0 spiro atoms. The zero-order valence-electron chi connectivity index (χ0n) is 11.4. The van der Waals surface area contributed by atoms with E-state index in [-0.39, 0.29) is 0 Å². The topological polar surface area (TPSA) is 59.1 Å². The Morgan fingerprint density at radius 1 is 1.42 bits per heavy atom. The first-order valence-electron chi connectivity index (χ1n) is 6.58. The van der Waals surface area contributed by atoms with Gasteiger partial charge in [-0.05, 0) is 25.6 Å². The van der Waals surface area contributed by atoms with Gasteiger partial charge < -0.3 is 14.3 Å². The van der Waals surface area contributed by atoms with E-state index in [0.29, 0.717) is 0 Å². The van der Waals surface area contributed by atoms with Gasteiger partial charge in [0.25, 0.3) is 0 Å². The normalized spacial score (nSPS) is 15.7. The lowest BCUT2D eigenvalue weighted by Gasteiger charge is -2.25. The van der Waals surface area contributed by atoms with Crippen LogP contribution in [0.2, 0.25) is 0 Å². The van der Waals surface area contributed by atoms with Crippen LogP contribution in [-0.4, -0.2) is 33.3 Å². The van der Waals surface area contributed by atoms with E-state index < -0.39 is 0 Å². The fourth-order valence-corrected chi connectivity index (χ4v) is 2.48. The number of hydrogen-bond acceptors (Lipinski definition) is 5. The highest BCUT2D eigenvalue weighted by atomic mass is 16.3. The number of nitrogens with zero attached hydrogens (tertiary/aromatic N) is 4. The standard InChI is InChI=1S/C13H19N5O/c1-10-5-11(19-12(10)6-14-2)7-17-3-4-18-9-15-16-13(18)8-17/h5,9,14H,3-4,6-8H2,1-2H3. The van der Waals surface area contributed by atoms with Gasteiger partial charge in [-0.3, -0.25) is 4.90 Å². The van der Waals surface area contributed by atoms with Crippen molar-refractivity contribution in [3.05, 3.63) is 35.3 Å². The molecule has 102 valence electrons. The van der Waals surface area contributed by atoms with Crippen molar-refractivity contribution in [2.45, 2.75) is 33.1 Å². The molecule has 0 aromatic carbocycles. The summed E-state index contributed by atoms with van der Waals surface area (Å²) in [6.45, 7) is 6.49. The molecule has 1 aliphatic rings. The zero-order chi connectivity index (χ0) is 13.2. The molecule has 2 aromatic heterocycles. The third kappa shape index (κ3) is 2.54. The fourth-order valence-electron chi connectivity index (χ4n) is 2.48. The Bertz CT molecular complexity index is 559. The molecule has 0 atom stereocenters. The van der Waals surface area contributed by atoms with Gasteiger partial charge in [-0.15, -0.1) is 10.2 Å². The molecule has 3 rings (SSSR count). The summed E-state index contributed by atoms with van der Waals surface area (Å²) < 4.78 is 7.99. The van der Waals surface area contributed by atoms with Crippen molar-refractivity contribution < 1.29 is 4.42 Å². The van der Waals surface area contributed by atoms with E-state index >= 15 is 0 Å². The number of rotatable bonds is 4. The Morgan fingerprint density at radius 2 is 2.32 bits per heavy atom. The number of aromatic nitrogens is 3. The summed E-state index contributed by atoms with van der Waals surface area (Å²) in [7, 11) is 1.93. The molecule has 6 nitrogen and oxygen atoms in total. The molecule has 0 amide bonds. The van der Waals surface area contributed by atoms with Crippen LogP contribution in [0, 0.1) is 6.92 Å². The first kappa shape index (κ1) is 12.4. The minimum atomic E-state index is 0.778. The van der Waals surface area contributed by atoms with E-state index in [2.05, 4.69) is 38.0 Å². The van der Waals surface area contributed by atoms with E-state index in [4.69, 9.17) is 4.42 Å². The maximum Gasteiger partial charge on any atom is 0.147 e. The molecule has 19 heavy (non-hydrogen) atoms. The number of fused-ring (bicyclic) bond motifs is 1. The van der Waals surface area contributed by atoms with Gasteiger partial charge >= 0.3 is 0 Å². The quantitative estimate of drug-likeness (QED) is 0.886. The summed E-state index contributed by atoms with van der Waals surface area (Å²) in [6.07, 6.45) is 1.80. The molecule has 0 unspecified atom stereocenters.